The van der Waals surface area contributed by atoms with Gasteiger partial charge in [0, 0.05) is 24.0 Å². The third-order valence-electron chi connectivity index (χ3n) is 4.39. The van der Waals surface area contributed by atoms with Gasteiger partial charge in [-0.3, -0.25) is 9.69 Å². The largest absolute Gasteiger partial charge is 0.393 e. The first-order chi connectivity index (χ1) is 7.40. The van der Waals surface area contributed by atoms with Crippen molar-refractivity contribution < 1.29 is 9.90 Å². The summed E-state index contributed by atoms with van der Waals surface area (Å²) in [5.41, 5.74) is -0.247. The number of aliphatic hydroxyl groups is 1. The van der Waals surface area contributed by atoms with E-state index in [0.717, 1.165) is 19.4 Å². The number of ketones is 1. The Hall–Kier alpha value is -0.410. The molecule has 0 aromatic heterocycles. The Balaban J connectivity index is 2.04. The molecule has 0 aromatic carbocycles. The number of carbonyl (C=O) groups excluding carboxylic acids is 1. The Morgan fingerprint density at radius 2 is 1.81 bits per heavy atom. The Labute approximate surface area is 97.8 Å². The lowest BCUT2D eigenvalue weighted by Crippen LogP contribution is -2.49. The van der Waals surface area contributed by atoms with Crippen LogP contribution >= 0.6 is 0 Å². The van der Waals surface area contributed by atoms with Gasteiger partial charge >= 0.3 is 0 Å². The van der Waals surface area contributed by atoms with Gasteiger partial charge in [0.05, 0.1) is 6.10 Å². The highest BCUT2D eigenvalue weighted by Crippen LogP contribution is 2.37. The SMILES string of the molecule is CC(=O)C(C)(C)CN1C2CCC1CC(O)C2. The zero-order valence-corrected chi connectivity index (χ0v) is 10.6. The van der Waals surface area contributed by atoms with Gasteiger partial charge < -0.3 is 5.11 Å². The molecule has 0 spiro atoms. The van der Waals surface area contributed by atoms with Crippen molar-refractivity contribution in [3.63, 3.8) is 0 Å². The van der Waals surface area contributed by atoms with E-state index in [1.165, 1.54) is 12.8 Å². The molecule has 2 aliphatic heterocycles. The van der Waals surface area contributed by atoms with Crippen molar-refractivity contribution in [2.24, 2.45) is 5.41 Å². The van der Waals surface area contributed by atoms with Crippen molar-refractivity contribution >= 4 is 5.78 Å². The molecule has 2 unspecified atom stereocenters. The van der Waals surface area contributed by atoms with Crippen LogP contribution in [0.15, 0.2) is 0 Å². The molecule has 92 valence electrons. The Morgan fingerprint density at radius 3 is 2.25 bits per heavy atom. The van der Waals surface area contributed by atoms with Crippen LogP contribution in [0, 0.1) is 5.41 Å². The molecule has 1 N–H and O–H groups in total. The standard InChI is InChI=1S/C13H23NO2/c1-9(15)13(2,3)8-14-10-4-5-11(14)7-12(16)6-10/h10-12,16H,4-8H2,1-3H3. The predicted molar refractivity (Wildman–Crippen MR) is 63.2 cm³/mol. The average molecular weight is 225 g/mol. The summed E-state index contributed by atoms with van der Waals surface area (Å²) in [6.45, 7) is 6.59. The number of hydrogen-bond donors (Lipinski definition) is 1. The first-order valence-corrected chi connectivity index (χ1v) is 6.35. The molecule has 3 nitrogen and oxygen atoms in total. The highest BCUT2D eigenvalue weighted by Gasteiger charge is 2.42. The molecule has 3 heteroatoms. The number of Topliss-reactive ketones (excluding diaryl/α,β-unsaturated/α-hetero) is 1. The fourth-order valence-electron chi connectivity index (χ4n) is 3.07. The van der Waals surface area contributed by atoms with E-state index in [9.17, 15) is 9.90 Å². The fourth-order valence-corrected chi connectivity index (χ4v) is 3.07. The molecule has 0 aliphatic carbocycles. The van der Waals surface area contributed by atoms with Gasteiger partial charge in [-0.1, -0.05) is 13.8 Å². The Morgan fingerprint density at radius 1 is 1.31 bits per heavy atom. The summed E-state index contributed by atoms with van der Waals surface area (Å²) in [4.78, 5) is 14.0. The van der Waals surface area contributed by atoms with Gasteiger partial charge in [-0.25, -0.2) is 0 Å². The summed E-state index contributed by atoms with van der Waals surface area (Å²) in [6.07, 6.45) is 4.05. The van der Waals surface area contributed by atoms with E-state index in [1.54, 1.807) is 6.92 Å². The Kier molecular flexibility index (Phi) is 3.10. The number of rotatable bonds is 3. The third kappa shape index (κ3) is 2.16. The zero-order valence-electron chi connectivity index (χ0n) is 10.6. The van der Waals surface area contributed by atoms with Crippen molar-refractivity contribution in [1.82, 2.24) is 4.90 Å². The first-order valence-electron chi connectivity index (χ1n) is 6.35. The minimum atomic E-state index is -0.247. The molecule has 2 aliphatic rings. The molecule has 0 amide bonds. The van der Waals surface area contributed by atoms with Crippen LogP contribution in [-0.4, -0.2) is 40.5 Å². The summed E-state index contributed by atoms with van der Waals surface area (Å²) in [6, 6.07) is 1.01. The topological polar surface area (TPSA) is 40.5 Å². The van der Waals surface area contributed by atoms with Crippen molar-refractivity contribution in [1.29, 1.82) is 0 Å². The maximum atomic E-state index is 11.6. The average Bonchev–Trinajstić information content (AvgIpc) is 2.43. The highest BCUT2D eigenvalue weighted by atomic mass is 16.3. The van der Waals surface area contributed by atoms with Gasteiger partial charge in [0.15, 0.2) is 0 Å². The molecule has 2 saturated heterocycles. The summed E-state index contributed by atoms with van der Waals surface area (Å²) in [5.74, 6) is 0.262. The summed E-state index contributed by atoms with van der Waals surface area (Å²) in [7, 11) is 0. The number of carbonyl (C=O) groups is 1. The lowest BCUT2D eigenvalue weighted by molar-refractivity contribution is -0.126. The number of hydrogen-bond acceptors (Lipinski definition) is 3. The van der Waals surface area contributed by atoms with Crippen LogP contribution in [0.4, 0.5) is 0 Å². The summed E-state index contributed by atoms with van der Waals surface area (Å²) >= 11 is 0. The Bertz CT molecular complexity index is 274. The molecular formula is C13H23NO2. The normalized spacial score (nSPS) is 35.4. The minimum Gasteiger partial charge on any atom is -0.393 e. The van der Waals surface area contributed by atoms with Gasteiger partial charge in [-0.15, -0.1) is 0 Å². The highest BCUT2D eigenvalue weighted by molar-refractivity contribution is 5.81. The third-order valence-corrected chi connectivity index (χ3v) is 4.39. The quantitative estimate of drug-likeness (QED) is 0.793. The second kappa shape index (κ2) is 4.11. The van der Waals surface area contributed by atoms with Gasteiger partial charge in [-0.05, 0) is 32.6 Å². The molecule has 2 fully saturated rings. The second-order valence-electron chi connectivity index (χ2n) is 6.12. The van der Waals surface area contributed by atoms with Crippen molar-refractivity contribution in [3.8, 4) is 0 Å². The molecule has 2 rings (SSSR count). The maximum Gasteiger partial charge on any atom is 0.136 e. The fraction of sp³-hybridized carbons (Fsp3) is 0.923. The first kappa shape index (κ1) is 12.1. The van der Waals surface area contributed by atoms with E-state index < -0.39 is 0 Å². The summed E-state index contributed by atoms with van der Waals surface area (Å²) in [5, 5.41) is 9.72. The lowest BCUT2D eigenvalue weighted by Gasteiger charge is -2.40. The monoisotopic (exact) mass is 225 g/mol. The molecule has 2 bridgehead atoms. The molecule has 0 aromatic rings. The summed E-state index contributed by atoms with van der Waals surface area (Å²) < 4.78 is 0. The van der Waals surface area contributed by atoms with Gasteiger partial charge in [0.25, 0.3) is 0 Å². The van der Waals surface area contributed by atoms with E-state index in [4.69, 9.17) is 0 Å². The number of nitrogens with zero attached hydrogens (tertiary/aromatic N) is 1. The van der Waals surface area contributed by atoms with Crippen molar-refractivity contribution in [2.45, 2.75) is 64.6 Å². The van der Waals surface area contributed by atoms with Crippen LogP contribution in [0.1, 0.15) is 46.5 Å². The predicted octanol–water partition coefficient (Wildman–Crippen LogP) is 1.59. The van der Waals surface area contributed by atoms with Gasteiger partial charge in [0.2, 0.25) is 0 Å². The van der Waals surface area contributed by atoms with E-state index in [2.05, 4.69) is 4.90 Å². The number of fused-ring (bicyclic) bond motifs is 2. The van der Waals surface area contributed by atoms with Crippen molar-refractivity contribution in [3.05, 3.63) is 0 Å². The molecule has 0 radical (unpaired) electrons. The van der Waals surface area contributed by atoms with Crippen LogP contribution in [0.3, 0.4) is 0 Å². The van der Waals surface area contributed by atoms with E-state index in [1.807, 2.05) is 13.8 Å². The molecule has 16 heavy (non-hydrogen) atoms. The van der Waals surface area contributed by atoms with Crippen molar-refractivity contribution in [2.75, 3.05) is 6.54 Å². The number of aliphatic hydroxyl groups excluding tert-OH is 1. The molecule has 2 heterocycles. The maximum absolute atomic E-state index is 11.6. The minimum absolute atomic E-state index is 0.116. The second-order valence-corrected chi connectivity index (χ2v) is 6.12. The number of piperidine rings is 1. The lowest BCUT2D eigenvalue weighted by atomic mass is 9.86. The van der Waals surface area contributed by atoms with E-state index >= 15 is 0 Å². The molecular weight excluding hydrogens is 202 g/mol. The van der Waals surface area contributed by atoms with Crippen LogP contribution in [0.2, 0.25) is 0 Å². The van der Waals surface area contributed by atoms with Crippen LogP contribution in [0.5, 0.6) is 0 Å². The molecule has 0 saturated carbocycles. The smallest absolute Gasteiger partial charge is 0.136 e. The zero-order chi connectivity index (χ0) is 11.9. The van der Waals surface area contributed by atoms with E-state index in [-0.39, 0.29) is 17.3 Å². The van der Waals surface area contributed by atoms with Crippen LogP contribution < -0.4 is 0 Å². The van der Waals surface area contributed by atoms with Gasteiger partial charge in [-0.2, -0.15) is 0 Å². The molecule has 2 atom stereocenters. The van der Waals surface area contributed by atoms with E-state index in [0.29, 0.717) is 12.1 Å². The van der Waals surface area contributed by atoms with Gasteiger partial charge in [0.1, 0.15) is 5.78 Å². The van der Waals surface area contributed by atoms with Crippen LogP contribution in [0.25, 0.3) is 0 Å². The van der Waals surface area contributed by atoms with Crippen LogP contribution in [-0.2, 0) is 4.79 Å².